The van der Waals surface area contributed by atoms with Gasteiger partial charge in [0.05, 0.1) is 4.90 Å². The van der Waals surface area contributed by atoms with Crippen molar-refractivity contribution in [1.82, 2.24) is 9.62 Å². The number of likely N-dealkylation sites (tertiary alicyclic amines) is 1. The van der Waals surface area contributed by atoms with E-state index in [2.05, 4.69) is 4.72 Å². The predicted molar refractivity (Wildman–Crippen MR) is 110 cm³/mol. The number of thiophene rings is 1. The lowest BCUT2D eigenvalue weighted by Crippen LogP contribution is -2.38. The van der Waals surface area contributed by atoms with Crippen molar-refractivity contribution in [3.05, 3.63) is 52.2 Å². The molecule has 1 aromatic heterocycles. The van der Waals surface area contributed by atoms with Gasteiger partial charge in [0.15, 0.2) is 0 Å². The molecule has 2 heterocycles. The van der Waals surface area contributed by atoms with Gasteiger partial charge in [-0.25, -0.2) is 13.1 Å². The molecule has 1 aromatic carbocycles. The molecule has 1 fully saturated rings. The maximum Gasteiger partial charge on any atom is 0.303 e. The lowest BCUT2D eigenvalue weighted by atomic mass is 9.92. The van der Waals surface area contributed by atoms with Gasteiger partial charge in [-0.1, -0.05) is 6.07 Å². The molecule has 0 unspecified atom stereocenters. The van der Waals surface area contributed by atoms with Gasteiger partial charge in [0.25, 0.3) is 5.91 Å². The summed E-state index contributed by atoms with van der Waals surface area (Å²) in [7, 11) is -3.64. The number of carboxylic acids is 1. The van der Waals surface area contributed by atoms with Gasteiger partial charge in [0, 0.05) is 36.5 Å². The lowest BCUT2D eigenvalue weighted by molar-refractivity contribution is -0.137. The quantitative estimate of drug-likeness (QED) is 0.662. The Labute approximate surface area is 174 Å². The molecule has 0 bridgehead atoms. The minimum absolute atomic E-state index is 0.123. The van der Waals surface area contributed by atoms with E-state index < -0.39 is 16.0 Å². The predicted octanol–water partition coefficient (Wildman–Crippen LogP) is 2.94. The van der Waals surface area contributed by atoms with Crippen molar-refractivity contribution in [3.63, 3.8) is 0 Å². The molecule has 1 aliphatic rings. The lowest BCUT2D eigenvalue weighted by Gasteiger charge is -2.32. The number of carboxylic acid groups (broad SMARTS) is 1. The van der Waals surface area contributed by atoms with Gasteiger partial charge in [-0.05, 0) is 60.9 Å². The zero-order valence-corrected chi connectivity index (χ0v) is 17.5. The number of hydrogen-bond donors (Lipinski definition) is 2. The monoisotopic (exact) mass is 436 g/mol. The van der Waals surface area contributed by atoms with Gasteiger partial charge in [0.1, 0.15) is 0 Å². The van der Waals surface area contributed by atoms with Crippen LogP contribution in [0, 0.1) is 5.92 Å². The van der Waals surface area contributed by atoms with Crippen molar-refractivity contribution in [3.8, 4) is 0 Å². The van der Waals surface area contributed by atoms with Crippen LogP contribution in [0.15, 0.2) is 46.7 Å². The van der Waals surface area contributed by atoms with E-state index in [4.69, 9.17) is 5.11 Å². The van der Waals surface area contributed by atoms with Crippen molar-refractivity contribution < 1.29 is 23.1 Å². The number of nitrogens with zero attached hydrogens (tertiary/aromatic N) is 1. The average Bonchev–Trinajstić information content (AvgIpc) is 3.24. The third kappa shape index (κ3) is 5.88. The summed E-state index contributed by atoms with van der Waals surface area (Å²) >= 11 is 1.48. The minimum atomic E-state index is -3.64. The van der Waals surface area contributed by atoms with E-state index >= 15 is 0 Å². The van der Waals surface area contributed by atoms with Crippen LogP contribution in [0.2, 0.25) is 0 Å². The molecule has 156 valence electrons. The number of amides is 1. The van der Waals surface area contributed by atoms with Crippen LogP contribution in [0.3, 0.4) is 0 Å². The first kappa shape index (κ1) is 21.5. The zero-order valence-electron chi connectivity index (χ0n) is 15.9. The minimum Gasteiger partial charge on any atom is -0.481 e. The fourth-order valence-electron chi connectivity index (χ4n) is 3.37. The third-order valence-electron chi connectivity index (χ3n) is 5.10. The molecule has 29 heavy (non-hydrogen) atoms. The standard InChI is InChI=1S/C20H24N2O5S2/c23-19(24)8-3-15-9-11-22(12-10-15)20(25)16-4-6-18(7-5-16)29(26,27)21-14-17-2-1-13-28-17/h1-2,4-7,13,15,21H,3,8-12,14H2,(H,23,24). The van der Waals surface area contributed by atoms with Gasteiger partial charge < -0.3 is 10.0 Å². The van der Waals surface area contributed by atoms with Gasteiger partial charge in [0.2, 0.25) is 10.0 Å². The molecule has 7 nitrogen and oxygen atoms in total. The van der Waals surface area contributed by atoms with E-state index in [-0.39, 0.29) is 23.8 Å². The number of benzene rings is 1. The SMILES string of the molecule is O=C(O)CCC1CCN(C(=O)c2ccc(S(=O)(=O)NCc3cccs3)cc2)CC1. The van der Waals surface area contributed by atoms with E-state index in [0.29, 0.717) is 31.0 Å². The summed E-state index contributed by atoms with van der Waals surface area (Å²) in [5.74, 6) is -0.585. The Hall–Kier alpha value is -2.23. The molecule has 3 rings (SSSR count). The van der Waals surface area contributed by atoms with E-state index in [9.17, 15) is 18.0 Å². The van der Waals surface area contributed by atoms with Gasteiger partial charge in [-0.15, -0.1) is 11.3 Å². The van der Waals surface area contributed by atoms with Crippen LogP contribution in [0.4, 0.5) is 0 Å². The molecule has 0 saturated carbocycles. The number of rotatable bonds is 8. The van der Waals surface area contributed by atoms with E-state index in [0.717, 1.165) is 17.7 Å². The van der Waals surface area contributed by atoms with Gasteiger partial charge in [-0.3, -0.25) is 9.59 Å². The van der Waals surface area contributed by atoms with Gasteiger partial charge >= 0.3 is 5.97 Å². The normalized spacial score (nSPS) is 15.4. The fraction of sp³-hybridized carbons (Fsp3) is 0.400. The highest BCUT2D eigenvalue weighted by atomic mass is 32.2. The van der Waals surface area contributed by atoms with Gasteiger partial charge in [-0.2, -0.15) is 0 Å². The highest BCUT2D eigenvalue weighted by Gasteiger charge is 2.24. The maximum absolute atomic E-state index is 12.7. The largest absolute Gasteiger partial charge is 0.481 e. The first-order valence-electron chi connectivity index (χ1n) is 9.48. The molecule has 1 aliphatic heterocycles. The molecule has 2 aromatic rings. The molecule has 1 amide bonds. The van der Waals surface area contributed by atoms with Crippen molar-refractivity contribution in [1.29, 1.82) is 0 Å². The van der Waals surface area contributed by atoms with Crippen LogP contribution in [0.1, 0.15) is 40.9 Å². The van der Waals surface area contributed by atoms with E-state index in [1.165, 1.54) is 23.5 Å². The summed E-state index contributed by atoms with van der Waals surface area (Å²) in [6.45, 7) is 1.41. The number of hydrogen-bond acceptors (Lipinski definition) is 5. The average molecular weight is 437 g/mol. The second-order valence-corrected chi connectivity index (χ2v) is 9.90. The molecular formula is C20H24N2O5S2. The number of carbonyl (C=O) groups excluding carboxylic acids is 1. The summed E-state index contributed by atoms with van der Waals surface area (Å²) in [6.07, 6.45) is 2.38. The summed E-state index contributed by atoms with van der Waals surface area (Å²) in [5.41, 5.74) is 0.450. The maximum atomic E-state index is 12.7. The Morgan fingerprint density at radius 3 is 2.41 bits per heavy atom. The number of carbonyl (C=O) groups is 2. The second-order valence-electron chi connectivity index (χ2n) is 7.10. The van der Waals surface area contributed by atoms with E-state index in [1.807, 2.05) is 17.5 Å². The van der Waals surface area contributed by atoms with Crippen LogP contribution in [0.5, 0.6) is 0 Å². The molecule has 0 atom stereocenters. The summed E-state index contributed by atoms with van der Waals surface area (Å²) < 4.78 is 27.4. The van der Waals surface area contributed by atoms with E-state index in [1.54, 1.807) is 17.0 Å². The molecule has 0 aliphatic carbocycles. The molecule has 0 radical (unpaired) electrons. The van der Waals surface area contributed by atoms with Crippen LogP contribution < -0.4 is 4.72 Å². The molecular weight excluding hydrogens is 412 g/mol. The zero-order chi connectivity index (χ0) is 20.9. The van der Waals surface area contributed by atoms with Crippen molar-refractivity contribution in [2.24, 2.45) is 5.92 Å². The summed E-state index contributed by atoms with van der Waals surface area (Å²) in [5, 5.41) is 10.7. The Morgan fingerprint density at radius 1 is 1.14 bits per heavy atom. The van der Waals surface area contributed by atoms with Crippen LogP contribution in [-0.4, -0.2) is 43.4 Å². The second kappa shape index (κ2) is 9.51. The number of piperidine rings is 1. The molecule has 2 N–H and O–H groups in total. The first-order valence-corrected chi connectivity index (χ1v) is 11.8. The van der Waals surface area contributed by atoms with Crippen LogP contribution >= 0.6 is 11.3 Å². The number of aliphatic carboxylic acids is 1. The Bertz CT molecular complexity index is 932. The van der Waals surface area contributed by atoms with Crippen LogP contribution in [-0.2, 0) is 21.4 Å². The van der Waals surface area contributed by atoms with Crippen molar-refractivity contribution in [2.75, 3.05) is 13.1 Å². The van der Waals surface area contributed by atoms with Crippen molar-refractivity contribution >= 4 is 33.2 Å². The molecule has 0 spiro atoms. The Kier molecular flexibility index (Phi) is 7.05. The molecule has 9 heteroatoms. The number of sulfonamides is 1. The first-order chi connectivity index (χ1) is 13.8. The number of nitrogens with one attached hydrogen (secondary N) is 1. The summed E-state index contributed by atoms with van der Waals surface area (Å²) in [6, 6.07) is 9.70. The summed E-state index contributed by atoms with van der Waals surface area (Å²) in [4.78, 5) is 26.2. The highest BCUT2D eigenvalue weighted by molar-refractivity contribution is 7.89. The fourth-order valence-corrected chi connectivity index (χ4v) is 5.12. The topological polar surface area (TPSA) is 104 Å². The Balaban J connectivity index is 1.55. The van der Waals surface area contributed by atoms with Crippen LogP contribution in [0.25, 0.3) is 0 Å². The smallest absolute Gasteiger partial charge is 0.303 e. The third-order valence-corrected chi connectivity index (χ3v) is 7.39. The van der Waals surface area contributed by atoms with Crippen molar-refractivity contribution in [2.45, 2.75) is 37.1 Å². The molecule has 1 saturated heterocycles. The highest BCUT2D eigenvalue weighted by Crippen LogP contribution is 2.23. The Morgan fingerprint density at radius 2 is 1.83 bits per heavy atom.